The highest BCUT2D eigenvalue weighted by Crippen LogP contribution is 2.13. The number of nitrogens with one attached hydrogen (secondary N) is 2. The van der Waals surface area contributed by atoms with Crippen molar-refractivity contribution in [1.29, 1.82) is 0 Å². The fourth-order valence-electron chi connectivity index (χ4n) is 2.69. The van der Waals surface area contributed by atoms with Gasteiger partial charge in [0, 0.05) is 19.2 Å². The summed E-state index contributed by atoms with van der Waals surface area (Å²) in [6.07, 6.45) is 3.95. The highest BCUT2D eigenvalue weighted by atomic mass is 19.1. The van der Waals surface area contributed by atoms with E-state index < -0.39 is 0 Å². The van der Waals surface area contributed by atoms with Crippen LogP contribution in [0, 0.1) is 17.7 Å². The number of nitrogens with two attached hydrogens (primary N) is 1. The van der Waals surface area contributed by atoms with Gasteiger partial charge in [-0.2, -0.15) is 0 Å². The van der Waals surface area contributed by atoms with Crippen molar-refractivity contribution in [3.05, 3.63) is 60.1 Å². The number of H-pyrrole nitrogens is 1. The molecular formula is C19H15FN6O. The average molecular weight is 362 g/mol. The van der Waals surface area contributed by atoms with E-state index in [1.165, 1.54) is 18.2 Å². The van der Waals surface area contributed by atoms with Gasteiger partial charge in [0.15, 0.2) is 11.5 Å². The van der Waals surface area contributed by atoms with E-state index in [4.69, 9.17) is 5.73 Å². The number of benzene rings is 1. The Balaban J connectivity index is 1.37. The minimum absolute atomic E-state index is 0.140. The van der Waals surface area contributed by atoms with Crippen molar-refractivity contribution in [2.75, 3.05) is 12.3 Å². The van der Waals surface area contributed by atoms with Crippen molar-refractivity contribution in [2.45, 2.75) is 6.42 Å². The van der Waals surface area contributed by atoms with E-state index in [1.807, 2.05) is 16.7 Å². The van der Waals surface area contributed by atoms with Crippen molar-refractivity contribution < 1.29 is 9.18 Å². The van der Waals surface area contributed by atoms with Gasteiger partial charge in [-0.3, -0.25) is 9.20 Å². The van der Waals surface area contributed by atoms with Gasteiger partial charge < -0.3 is 16.0 Å². The quantitative estimate of drug-likeness (QED) is 0.384. The summed E-state index contributed by atoms with van der Waals surface area (Å²) in [4.78, 5) is 23.3. The molecule has 7 nitrogen and oxygen atoms in total. The third-order valence-corrected chi connectivity index (χ3v) is 3.98. The van der Waals surface area contributed by atoms with Crippen LogP contribution in [0.1, 0.15) is 22.7 Å². The second kappa shape index (κ2) is 6.80. The summed E-state index contributed by atoms with van der Waals surface area (Å²) in [6.45, 7) is 0.357. The van der Waals surface area contributed by atoms with Gasteiger partial charge in [-0.1, -0.05) is 5.92 Å². The van der Waals surface area contributed by atoms with Crippen LogP contribution in [0.15, 0.2) is 42.7 Å². The number of amides is 1. The normalized spacial score (nSPS) is 10.7. The third-order valence-electron chi connectivity index (χ3n) is 3.98. The zero-order valence-corrected chi connectivity index (χ0v) is 14.2. The molecule has 0 bridgehead atoms. The van der Waals surface area contributed by atoms with Gasteiger partial charge >= 0.3 is 0 Å². The number of nitrogen functional groups attached to an aromatic ring is 1. The molecule has 4 rings (SSSR count). The van der Waals surface area contributed by atoms with E-state index in [0.29, 0.717) is 35.3 Å². The summed E-state index contributed by atoms with van der Waals surface area (Å²) in [5.41, 5.74) is 8.85. The van der Waals surface area contributed by atoms with Crippen LogP contribution in [0.2, 0.25) is 0 Å². The number of aromatic nitrogens is 4. The summed E-state index contributed by atoms with van der Waals surface area (Å²) >= 11 is 0. The zero-order valence-electron chi connectivity index (χ0n) is 14.2. The van der Waals surface area contributed by atoms with Gasteiger partial charge in [-0.05, 0) is 36.3 Å². The maximum Gasteiger partial charge on any atom is 0.287 e. The number of carbonyl (C=O) groups is 1. The van der Waals surface area contributed by atoms with Crippen molar-refractivity contribution in [1.82, 2.24) is 24.7 Å². The summed E-state index contributed by atoms with van der Waals surface area (Å²) in [5.74, 6) is 5.40. The van der Waals surface area contributed by atoms with Crippen LogP contribution in [-0.4, -0.2) is 31.8 Å². The first kappa shape index (κ1) is 16.6. The van der Waals surface area contributed by atoms with Crippen LogP contribution in [-0.2, 0) is 0 Å². The highest BCUT2D eigenvalue weighted by Gasteiger charge is 2.11. The Morgan fingerprint density at radius 1 is 1.37 bits per heavy atom. The number of fused-ring (bicyclic) bond motifs is 2. The van der Waals surface area contributed by atoms with E-state index in [2.05, 4.69) is 32.1 Å². The molecular weight excluding hydrogens is 347 g/mol. The average Bonchev–Trinajstić information content (AvgIpc) is 3.26. The molecule has 0 saturated carbocycles. The van der Waals surface area contributed by atoms with Crippen LogP contribution in [0.25, 0.3) is 16.7 Å². The monoisotopic (exact) mass is 362 g/mol. The smallest absolute Gasteiger partial charge is 0.287 e. The first-order chi connectivity index (χ1) is 13.1. The standard InChI is InChI=1S/C19H15FN6O/c20-12-6-7-15-16(10-12)25-17(24-15)19(27)22-8-2-1-4-13-11-23-18-14(21)5-3-9-26(13)18/h3,5-7,9-11H,2,8,21H2,(H,22,27)(H,24,25). The first-order valence-electron chi connectivity index (χ1n) is 8.26. The number of halogens is 1. The largest absolute Gasteiger partial charge is 0.396 e. The minimum atomic E-state index is -0.387. The molecule has 4 N–H and O–H groups in total. The molecule has 1 aromatic carbocycles. The molecule has 3 heterocycles. The van der Waals surface area contributed by atoms with Crippen LogP contribution in [0.5, 0.6) is 0 Å². The SMILES string of the molecule is Nc1cccn2c(C#CCCNC(=O)c3nc4ccc(F)cc4[nH]3)cnc12. The van der Waals surface area contributed by atoms with Crippen LogP contribution < -0.4 is 11.1 Å². The Hall–Kier alpha value is -3.86. The van der Waals surface area contributed by atoms with Gasteiger partial charge in [0.25, 0.3) is 5.91 Å². The lowest BCUT2D eigenvalue weighted by molar-refractivity contribution is 0.0945. The molecule has 1 amide bonds. The molecule has 0 radical (unpaired) electrons. The van der Waals surface area contributed by atoms with Gasteiger partial charge in [-0.25, -0.2) is 14.4 Å². The fraction of sp³-hybridized carbons (Fsp3) is 0.105. The fourth-order valence-corrected chi connectivity index (χ4v) is 2.69. The number of pyridine rings is 1. The first-order valence-corrected chi connectivity index (χ1v) is 8.26. The molecule has 0 saturated heterocycles. The number of rotatable bonds is 3. The number of aromatic amines is 1. The molecule has 0 atom stereocenters. The third kappa shape index (κ3) is 3.30. The molecule has 0 aliphatic carbocycles. The van der Waals surface area contributed by atoms with Gasteiger partial charge in [-0.15, -0.1) is 0 Å². The molecule has 134 valence electrons. The lowest BCUT2D eigenvalue weighted by atomic mass is 10.3. The highest BCUT2D eigenvalue weighted by molar-refractivity contribution is 5.94. The predicted octanol–water partition coefficient (Wildman–Crippen LogP) is 2.10. The van der Waals surface area contributed by atoms with E-state index in [-0.39, 0.29) is 17.5 Å². The summed E-state index contributed by atoms with van der Waals surface area (Å²) in [5, 5.41) is 2.73. The van der Waals surface area contributed by atoms with E-state index in [1.54, 1.807) is 12.3 Å². The number of hydrogen-bond acceptors (Lipinski definition) is 4. The van der Waals surface area contributed by atoms with Crippen molar-refractivity contribution >= 4 is 28.3 Å². The second-order valence-corrected chi connectivity index (χ2v) is 5.86. The lowest BCUT2D eigenvalue weighted by Gasteiger charge is -1.99. The molecule has 4 aromatic rings. The number of hydrogen-bond donors (Lipinski definition) is 3. The van der Waals surface area contributed by atoms with Crippen LogP contribution in [0.3, 0.4) is 0 Å². The van der Waals surface area contributed by atoms with Crippen LogP contribution in [0.4, 0.5) is 10.1 Å². The van der Waals surface area contributed by atoms with Crippen molar-refractivity contribution in [3.8, 4) is 11.8 Å². The second-order valence-electron chi connectivity index (χ2n) is 5.86. The van der Waals surface area contributed by atoms with E-state index in [0.717, 1.165) is 5.69 Å². The molecule has 0 aliphatic heterocycles. The Morgan fingerprint density at radius 2 is 2.26 bits per heavy atom. The Bertz CT molecular complexity index is 1210. The summed E-state index contributed by atoms with van der Waals surface area (Å²) in [6, 6.07) is 7.73. The summed E-state index contributed by atoms with van der Waals surface area (Å²) in [7, 11) is 0. The number of imidazole rings is 2. The van der Waals surface area contributed by atoms with E-state index >= 15 is 0 Å². The Labute approximate surface area is 153 Å². The number of anilines is 1. The summed E-state index contributed by atoms with van der Waals surface area (Å²) < 4.78 is 15.0. The topological polar surface area (TPSA) is 101 Å². The molecule has 3 aromatic heterocycles. The van der Waals surface area contributed by atoms with Crippen molar-refractivity contribution in [2.24, 2.45) is 0 Å². The van der Waals surface area contributed by atoms with Crippen LogP contribution >= 0.6 is 0 Å². The molecule has 27 heavy (non-hydrogen) atoms. The molecule has 0 unspecified atom stereocenters. The maximum absolute atomic E-state index is 13.2. The van der Waals surface area contributed by atoms with E-state index in [9.17, 15) is 9.18 Å². The lowest BCUT2D eigenvalue weighted by Crippen LogP contribution is -2.25. The Kier molecular flexibility index (Phi) is 4.18. The number of carbonyl (C=O) groups excluding carboxylic acids is 1. The Morgan fingerprint density at radius 3 is 3.15 bits per heavy atom. The minimum Gasteiger partial charge on any atom is -0.396 e. The van der Waals surface area contributed by atoms with Gasteiger partial charge in [0.05, 0.1) is 22.9 Å². The van der Waals surface area contributed by atoms with Gasteiger partial charge in [0.1, 0.15) is 11.5 Å². The zero-order chi connectivity index (χ0) is 18.8. The molecule has 0 fully saturated rings. The molecule has 0 aliphatic rings. The molecule has 0 spiro atoms. The molecule has 8 heteroatoms. The number of nitrogens with zero attached hydrogens (tertiary/aromatic N) is 3. The van der Waals surface area contributed by atoms with Crippen molar-refractivity contribution in [3.63, 3.8) is 0 Å². The van der Waals surface area contributed by atoms with Gasteiger partial charge in [0.2, 0.25) is 0 Å². The maximum atomic E-state index is 13.2. The predicted molar refractivity (Wildman–Crippen MR) is 99.5 cm³/mol.